The fourth-order valence-corrected chi connectivity index (χ4v) is 3.52. The van der Waals surface area contributed by atoms with Crippen LogP contribution in [0.2, 0.25) is 0 Å². The fourth-order valence-electron chi connectivity index (χ4n) is 2.49. The average molecular weight is 516 g/mol. The Labute approximate surface area is 185 Å². The number of aliphatic imine (C=N–C) groups is 1. The predicted octanol–water partition coefficient (Wildman–Crippen LogP) is 2.96. The van der Waals surface area contributed by atoms with E-state index in [1.807, 2.05) is 26.0 Å². The molecule has 2 aromatic carbocycles. The predicted molar refractivity (Wildman–Crippen MR) is 126 cm³/mol. The van der Waals surface area contributed by atoms with Crippen LogP contribution < -0.4 is 15.4 Å². The molecular weight excluding hydrogens is 487 g/mol. The van der Waals surface area contributed by atoms with Crippen LogP contribution in [0.15, 0.2) is 58.4 Å². The Bertz CT molecular complexity index is 868. The molecule has 0 saturated carbocycles. The third-order valence-electron chi connectivity index (χ3n) is 3.89. The first kappa shape index (κ1) is 24.4. The van der Waals surface area contributed by atoms with Gasteiger partial charge in [0.05, 0.1) is 11.4 Å². The van der Waals surface area contributed by atoms with Crippen molar-refractivity contribution in [2.45, 2.75) is 32.2 Å². The molecule has 154 valence electrons. The molecule has 0 amide bonds. The highest BCUT2D eigenvalue weighted by molar-refractivity contribution is 14.0. The summed E-state index contributed by atoms with van der Waals surface area (Å²) in [6.45, 7) is 7.96. The van der Waals surface area contributed by atoms with E-state index in [9.17, 15) is 8.42 Å². The van der Waals surface area contributed by atoms with Crippen LogP contribution in [0.25, 0.3) is 0 Å². The standard InChI is InChI=1S/C20H28N4O2S.HI/c1-4-21-20(23-15-18-7-5-6-17(3)14-18)22-12-13-24-27(25,26)19-10-8-16(2)9-11-19;/h5-11,14,24H,4,12-13,15H2,1-3H3,(H2,21,22,23);1H. The third kappa shape index (κ3) is 8.15. The van der Waals surface area contributed by atoms with Crippen LogP contribution in [-0.2, 0) is 16.6 Å². The molecule has 28 heavy (non-hydrogen) atoms. The maximum Gasteiger partial charge on any atom is 0.240 e. The second-order valence-electron chi connectivity index (χ2n) is 6.32. The Morgan fingerprint density at radius 2 is 1.68 bits per heavy atom. The maximum absolute atomic E-state index is 12.3. The van der Waals surface area contributed by atoms with Gasteiger partial charge in [0, 0.05) is 19.6 Å². The van der Waals surface area contributed by atoms with Crippen molar-refractivity contribution in [2.24, 2.45) is 4.99 Å². The highest BCUT2D eigenvalue weighted by atomic mass is 127. The highest BCUT2D eigenvalue weighted by Crippen LogP contribution is 2.09. The van der Waals surface area contributed by atoms with Crippen LogP contribution >= 0.6 is 24.0 Å². The summed E-state index contributed by atoms with van der Waals surface area (Å²) in [5.74, 6) is 0.661. The molecule has 2 rings (SSSR count). The van der Waals surface area contributed by atoms with E-state index in [0.717, 1.165) is 17.7 Å². The van der Waals surface area contributed by atoms with Crippen molar-refractivity contribution in [3.05, 3.63) is 65.2 Å². The Kier molecular flexibility index (Phi) is 10.5. The minimum Gasteiger partial charge on any atom is -0.357 e. The van der Waals surface area contributed by atoms with Gasteiger partial charge in [-0.3, -0.25) is 0 Å². The number of halogens is 1. The zero-order chi connectivity index (χ0) is 19.7. The van der Waals surface area contributed by atoms with Crippen molar-refractivity contribution < 1.29 is 8.42 Å². The summed E-state index contributed by atoms with van der Waals surface area (Å²) in [7, 11) is -3.50. The number of rotatable bonds is 8. The first-order chi connectivity index (χ1) is 12.9. The SMILES string of the molecule is CCNC(=NCc1cccc(C)c1)NCCNS(=O)(=O)c1ccc(C)cc1.I. The number of aryl methyl sites for hydroxylation is 2. The highest BCUT2D eigenvalue weighted by Gasteiger charge is 2.12. The van der Waals surface area contributed by atoms with E-state index in [2.05, 4.69) is 39.4 Å². The zero-order valence-corrected chi connectivity index (χ0v) is 19.7. The summed E-state index contributed by atoms with van der Waals surface area (Å²) in [6, 6.07) is 15.0. The molecule has 8 heteroatoms. The first-order valence-electron chi connectivity index (χ1n) is 9.05. The lowest BCUT2D eigenvalue weighted by molar-refractivity contribution is 0.580. The van der Waals surface area contributed by atoms with E-state index in [1.165, 1.54) is 5.56 Å². The van der Waals surface area contributed by atoms with E-state index in [-0.39, 0.29) is 35.4 Å². The smallest absolute Gasteiger partial charge is 0.240 e. The van der Waals surface area contributed by atoms with Gasteiger partial charge in [-0.2, -0.15) is 0 Å². The minimum atomic E-state index is -3.50. The Balaban J connectivity index is 0.00000392. The van der Waals surface area contributed by atoms with Gasteiger partial charge in [-0.05, 0) is 38.5 Å². The first-order valence-corrected chi connectivity index (χ1v) is 10.5. The molecule has 0 unspecified atom stereocenters. The lowest BCUT2D eigenvalue weighted by Gasteiger charge is -2.12. The van der Waals surface area contributed by atoms with Crippen molar-refractivity contribution >= 4 is 40.0 Å². The average Bonchev–Trinajstić information content (AvgIpc) is 2.63. The quantitative estimate of drug-likeness (QED) is 0.218. The molecule has 0 fully saturated rings. The number of hydrogen-bond donors (Lipinski definition) is 3. The monoisotopic (exact) mass is 516 g/mol. The Morgan fingerprint density at radius 3 is 2.32 bits per heavy atom. The van der Waals surface area contributed by atoms with Gasteiger partial charge in [-0.25, -0.2) is 18.1 Å². The van der Waals surface area contributed by atoms with Gasteiger partial charge in [0.25, 0.3) is 0 Å². The number of nitrogens with one attached hydrogen (secondary N) is 3. The molecule has 0 heterocycles. The second kappa shape index (κ2) is 12.0. The van der Waals surface area contributed by atoms with Crippen molar-refractivity contribution in [3.63, 3.8) is 0 Å². The largest absolute Gasteiger partial charge is 0.357 e. The normalized spacial score (nSPS) is 11.6. The summed E-state index contributed by atoms with van der Waals surface area (Å²) in [5.41, 5.74) is 3.36. The topological polar surface area (TPSA) is 82.6 Å². The molecule has 3 N–H and O–H groups in total. The number of benzene rings is 2. The van der Waals surface area contributed by atoms with E-state index in [0.29, 0.717) is 19.0 Å². The summed E-state index contributed by atoms with van der Waals surface area (Å²) in [4.78, 5) is 4.82. The van der Waals surface area contributed by atoms with Gasteiger partial charge in [0.2, 0.25) is 10.0 Å². The Hall–Kier alpha value is -1.65. The zero-order valence-electron chi connectivity index (χ0n) is 16.5. The lowest BCUT2D eigenvalue weighted by Crippen LogP contribution is -2.41. The van der Waals surface area contributed by atoms with Crippen LogP contribution in [0.5, 0.6) is 0 Å². The van der Waals surface area contributed by atoms with Crippen LogP contribution in [0.4, 0.5) is 0 Å². The molecule has 0 saturated heterocycles. The number of sulfonamides is 1. The molecule has 0 spiro atoms. The van der Waals surface area contributed by atoms with Gasteiger partial charge >= 0.3 is 0 Å². The van der Waals surface area contributed by atoms with Crippen molar-refractivity contribution in [1.29, 1.82) is 0 Å². The van der Waals surface area contributed by atoms with Crippen molar-refractivity contribution in [1.82, 2.24) is 15.4 Å². The van der Waals surface area contributed by atoms with Gasteiger partial charge in [0.15, 0.2) is 5.96 Å². The number of nitrogens with zero attached hydrogens (tertiary/aromatic N) is 1. The van der Waals surface area contributed by atoms with Gasteiger partial charge in [-0.1, -0.05) is 47.5 Å². The van der Waals surface area contributed by atoms with E-state index in [4.69, 9.17) is 0 Å². The molecule has 2 aromatic rings. The second-order valence-corrected chi connectivity index (χ2v) is 8.09. The molecule has 6 nitrogen and oxygen atoms in total. The summed E-state index contributed by atoms with van der Waals surface area (Å²) in [5, 5.41) is 6.32. The summed E-state index contributed by atoms with van der Waals surface area (Å²) >= 11 is 0. The van der Waals surface area contributed by atoms with Crippen LogP contribution in [0.1, 0.15) is 23.6 Å². The van der Waals surface area contributed by atoms with Gasteiger partial charge in [-0.15, -0.1) is 24.0 Å². The molecule has 0 aliphatic rings. The van der Waals surface area contributed by atoms with Crippen molar-refractivity contribution in [2.75, 3.05) is 19.6 Å². The van der Waals surface area contributed by atoms with Gasteiger partial charge in [0.1, 0.15) is 0 Å². The fraction of sp³-hybridized carbons (Fsp3) is 0.350. The molecule has 0 aliphatic heterocycles. The third-order valence-corrected chi connectivity index (χ3v) is 5.36. The van der Waals surface area contributed by atoms with Gasteiger partial charge < -0.3 is 10.6 Å². The molecular formula is C20H29IN4O2S. The maximum atomic E-state index is 12.3. The molecule has 0 aliphatic carbocycles. The van der Waals surface area contributed by atoms with E-state index >= 15 is 0 Å². The molecule has 0 radical (unpaired) electrons. The van der Waals surface area contributed by atoms with E-state index < -0.39 is 10.0 Å². The number of guanidine groups is 1. The van der Waals surface area contributed by atoms with Crippen LogP contribution in [-0.4, -0.2) is 34.0 Å². The van der Waals surface area contributed by atoms with Crippen LogP contribution in [0.3, 0.4) is 0 Å². The van der Waals surface area contributed by atoms with E-state index in [1.54, 1.807) is 24.3 Å². The summed E-state index contributed by atoms with van der Waals surface area (Å²) < 4.78 is 27.1. The minimum absolute atomic E-state index is 0. The number of hydrogen-bond acceptors (Lipinski definition) is 3. The molecule has 0 aromatic heterocycles. The molecule has 0 atom stereocenters. The lowest BCUT2D eigenvalue weighted by atomic mass is 10.1. The van der Waals surface area contributed by atoms with Crippen LogP contribution in [0, 0.1) is 13.8 Å². The summed E-state index contributed by atoms with van der Waals surface area (Å²) in [6.07, 6.45) is 0. The molecule has 0 bridgehead atoms. The Morgan fingerprint density at radius 1 is 0.964 bits per heavy atom. The van der Waals surface area contributed by atoms with Crippen molar-refractivity contribution in [3.8, 4) is 0 Å².